The van der Waals surface area contributed by atoms with E-state index in [-0.39, 0.29) is 5.91 Å². The maximum atomic E-state index is 11.8. The Bertz CT molecular complexity index is 710. The smallest absolute Gasteiger partial charge is 0.243 e. The van der Waals surface area contributed by atoms with Crippen molar-refractivity contribution in [1.29, 1.82) is 0 Å². The maximum Gasteiger partial charge on any atom is 0.243 e. The lowest BCUT2D eigenvalue weighted by Gasteiger charge is -2.36. The molecule has 1 fully saturated rings. The van der Waals surface area contributed by atoms with Crippen LogP contribution >= 0.6 is 0 Å². The summed E-state index contributed by atoms with van der Waals surface area (Å²) in [5.41, 5.74) is 2.25. The van der Waals surface area contributed by atoms with Crippen LogP contribution in [-0.2, 0) is 4.79 Å². The molecular weight excluding hydrogens is 336 g/mol. The number of piperazine rings is 1. The Labute approximate surface area is 161 Å². The number of amides is 1. The SMILES string of the molecule is O=C(/C=C\c1cccnc1)NCCCCN1CCN(c2ccccc2)CC1. The van der Waals surface area contributed by atoms with Crippen molar-refractivity contribution in [3.8, 4) is 0 Å². The first-order valence-electron chi connectivity index (χ1n) is 9.69. The molecule has 0 saturated carbocycles. The molecule has 142 valence electrons. The van der Waals surface area contributed by atoms with Crippen LogP contribution in [0.1, 0.15) is 18.4 Å². The van der Waals surface area contributed by atoms with Gasteiger partial charge in [0.05, 0.1) is 0 Å². The number of nitrogens with one attached hydrogen (secondary N) is 1. The van der Waals surface area contributed by atoms with Crippen LogP contribution in [0.2, 0.25) is 0 Å². The lowest BCUT2D eigenvalue weighted by atomic mass is 10.2. The molecule has 1 saturated heterocycles. The molecule has 5 nitrogen and oxygen atoms in total. The van der Waals surface area contributed by atoms with E-state index < -0.39 is 0 Å². The monoisotopic (exact) mass is 364 g/mol. The van der Waals surface area contributed by atoms with E-state index in [1.807, 2.05) is 12.1 Å². The van der Waals surface area contributed by atoms with Crippen LogP contribution in [0.3, 0.4) is 0 Å². The van der Waals surface area contributed by atoms with Crippen LogP contribution in [0.25, 0.3) is 6.08 Å². The second-order valence-electron chi connectivity index (χ2n) is 6.78. The number of carbonyl (C=O) groups excluding carboxylic acids is 1. The molecule has 1 aromatic carbocycles. The zero-order chi connectivity index (χ0) is 18.7. The summed E-state index contributed by atoms with van der Waals surface area (Å²) in [7, 11) is 0. The third-order valence-electron chi connectivity index (χ3n) is 4.81. The number of anilines is 1. The molecule has 0 aliphatic carbocycles. The van der Waals surface area contributed by atoms with Gasteiger partial charge in [0.1, 0.15) is 0 Å². The van der Waals surface area contributed by atoms with Crippen LogP contribution in [0.15, 0.2) is 60.9 Å². The number of benzene rings is 1. The van der Waals surface area contributed by atoms with Gasteiger partial charge in [-0.15, -0.1) is 0 Å². The highest BCUT2D eigenvalue weighted by Gasteiger charge is 2.16. The van der Waals surface area contributed by atoms with Crippen LogP contribution in [0.5, 0.6) is 0 Å². The minimum absolute atomic E-state index is 0.0460. The zero-order valence-electron chi connectivity index (χ0n) is 15.8. The molecule has 1 aromatic heterocycles. The van der Waals surface area contributed by atoms with E-state index >= 15 is 0 Å². The molecular formula is C22H28N4O. The van der Waals surface area contributed by atoms with Crippen molar-refractivity contribution in [1.82, 2.24) is 15.2 Å². The van der Waals surface area contributed by atoms with Crippen molar-refractivity contribution in [2.24, 2.45) is 0 Å². The average molecular weight is 364 g/mol. The van der Waals surface area contributed by atoms with E-state index in [0.29, 0.717) is 0 Å². The van der Waals surface area contributed by atoms with Gasteiger partial charge < -0.3 is 10.2 Å². The molecule has 0 unspecified atom stereocenters. The predicted molar refractivity (Wildman–Crippen MR) is 111 cm³/mol. The normalized spacial score (nSPS) is 15.2. The number of rotatable bonds is 8. The molecule has 2 aromatic rings. The van der Waals surface area contributed by atoms with Gasteiger partial charge in [-0.25, -0.2) is 0 Å². The first-order valence-corrected chi connectivity index (χ1v) is 9.69. The molecule has 0 bridgehead atoms. The van der Waals surface area contributed by atoms with Crippen LogP contribution in [0, 0.1) is 0 Å². The topological polar surface area (TPSA) is 48.5 Å². The number of carbonyl (C=O) groups is 1. The van der Waals surface area contributed by atoms with Crippen molar-refractivity contribution in [3.05, 3.63) is 66.5 Å². The van der Waals surface area contributed by atoms with E-state index in [9.17, 15) is 4.79 Å². The molecule has 27 heavy (non-hydrogen) atoms. The standard InChI is InChI=1S/C22H28N4O/c27-22(11-10-20-7-6-12-23-19-20)24-13-4-5-14-25-15-17-26(18-16-25)21-8-2-1-3-9-21/h1-3,6-12,19H,4-5,13-18H2,(H,24,27)/b11-10-. The van der Waals surface area contributed by atoms with E-state index in [4.69, 9.17) is 0 Å². The summed E-state index contributed by atoms with van der Waals surface area (Å²) in [4.78, 5) is 20.8. The highest BCUT2D eigenvalue weighted by atomic mass is 16.1. The first kappa shape index (κ1) is 19.1. The molecule has 1 aliphatic rings. The summed E-state index contributed by atoms with van der Waals surface area (Å²) in [6, 6.07) is 14.4. The molecule has 1 aliphatic heterocycles. The van der Waals surface area contributed by atoms with E-state index in [0.717, 1.165) is 57.7 Å². The summed E-state index contributed by atoms with van der Waals surface area (Å²) < 4.78 is 0. The van der Waals surface area contributed by atoms with Crippen LogP contribution in [-0.4, -0.2) is 55.1 Å². The first-order chi connectivity index (χ1) is 13.3. The molecule has 1 N–H and O–H groups in total. The Morgan fingerprint density at radius 2 is 1.85 bits per heavy atom. The quantitative estimate of drug-likeness (QED) is 0.578. The lowest BCUT2D eigenvalue weighted by molar-refractivity contribution is -0.116. The summed E-state index contributed by atoms with van der Waals surface area (Å²) in [5.74, 6) is -0.0460. The van der Waals surface area contributed by atoms with Crippen molar-refractivity contribution in [3.63, 3.8) is 0 Å². The van der Waals surface area contributed by atoms with Gasteiger partial charge in [-0.05, 0) is 49.2 Å². The molecule has 0 radical (unpaired) electrons. The van der Waals surface area contributed by atoms with Gasteiger partial charge in [-0.3, -0.25) is 14.7 Å². The highest BCUT2D eigenvalue weighted by Crippen LogP contribution is 2.15. The predicted octanol–water partition coefficient (Wildman–Crippen LogP) is 2.81. The summed E-state index contributed by atoms with van der Waals surface area (Å²) >= 11 is 0. The van der Waals surface area contributed by atoms with Gasteiger partial charge >= 0.3 is 0 Å². The maximum absolute atomic E-state index is 11.8. The second-order valence-corrected chi connectivity index (χ2v) is 6.78. The Morgan fingerprint density at radius 3 is 2.59 bits per heavy atom. The number of unbranched alkanes of at least 4 members (excludes halogenated alkanes) is 1. The number of nitrogens with zero attached hydrogens (tertiary/aromatic N) is 3. The summed E-state index contributed by atoms with van der Waals surface area (Å²) in [5, 5.41) is 2.95. The lowest BCUT2D eigenvalue weighted by Crippen LogP contribution is -2.46. The fourth-order valence-electron chi connectivity index (χ4n) is 3.25. The number of para-hydroxylation sites is 1. The number of hydrogen-bond acceptors (Lipinski definition) is 4. The fraction of sp³-hybridized carbons (Fsp3) is 0.364. The number of aromatic nitrogens is 1. The molecule has 3 rings (SSSR count). The third kappa shape index (κ3) is 6.53. The Morgan fingerprint density at radius 1 is 1.04 bits per heavy atom. The summed E-state index contributed by atoms with van der Waals surface area (Å²) in [6.45, 7) is 6.20. The van der Waals surface area contributed by atoms with Crippen molar-refractivity contribution in [2.45, 2.75) is 12.8 Å². The minimum Gasteiger partial charge on any atom is -0.369 e. The summed E-state index contributed by atoms with van der Waals surface area (Å²) in [6.07, 6.45) is 8.93. The number of hydrogen-bond donors (Lipinski definition) is 1. The molecule has 1 amide bonds. The molecule has 0 atom stereocenters. The zero-order valence-corrected chi connectivity index (χ0v) is 15.8. The van der Waals surface area contributed by atoms with E-state index in [1.54, 1.807) is 24.5 Å². The van der Waals surface area contributed by atoms with Gasteiger partial charge in [-0.2, -0.15) is 0 Å². The van der Waals surface area contributed by atoms with Crippen molar-refractivity contribution in [2.75, 3.05) is 44.2 Å². The Kier molecular flexibility index (Phi) is 7.42. The van der Waals surface area contributed by atoms with E-state index in [1.165, 1.54) is 5.69 Å². The number of pyridine rings is 1. The van der Waals surface area contributed by atoms with Gasteiger partial charge in [-0.1, -0.05) is 24.3 Å². The van der Waals surface area contributed by atoms with Gasteiger partial charge in [0.15, 0.2) is 0 Å². The van der Waals surface area contributed by atoms with E-state index in [2.05, 4.69) is 50.4 Å². The third-order valence-corrected chi connectivity index (χ3v) is 4.81. The van der Waals surface area contributed by atoms with Crippen LogP contribution in [0.4, 0.5) is 5.69 Å². The van der Waals surface area contributed by atoms with Gasteiger partial charge in [0.25, 0.3) is 0 Å². The average Bonchev–Trinajstić information content (AvgIpc) is 2.74. The van der Waals surface area contributed by atoms with Crippen molar-refractivity contribution < 1.29 is 4.79 Å². The Balaban J connectivity index is 1.26. The van der Waals surface area contributed by atoms with Gasteiger partial charge in [0, 0.05) is 56.9 Å². The Hall–Kier alpha value is -2.66. The second kappa shape index (κ2) is 10.5. The molecule has 0 spiro atoms. The molecule has 5 heteroatoms. The highest BCUT2D eigenvalue weighted by molar-refractivity contribution is 5.91. The fourth-order valence-corrected chi connectivity index (χ4v) is 3.25. The van der Waals surface area contributed by atoms with Gasteiger partial charge in [0.2, 0.25) is 5.91 Å². The minimum atomic E-state index is -0.0460. The molecule has 2 heterocycles. The van der Waals surface area contributed by atoms with Crippen LogP contribution < -0.4 is 10.2 Å². The van der Waals surface area contributed by atoms with Crippen molar-refractivity contribution >= 4 is 17.7 Å². The largest absolute Gasteiger partial charge is 0.369 e.